The number of aryl methyl sites for hydroxylation is 1. The first-order chi connectivity index (χ1) is 11.1. The van der Waals surface area contributed by atoms with E-state index in [4.69, 9.17) is 0 Å². The lowest BCUT2D eigenvalue weighted by atomic mass is 10.0. The normalized spacial score (nSPS) is 17.8. The first-order valence-corrected chi connectivity index (χ1v) is 7.94. The zero-order valence-electron chi connectivity index (χ0n) is 13.5. The maximum absolute atomic E-state index is 11.9. The van der Waals surface area contributed by atoms with Crippen molar-refractivity contribution in [2.45, 2.75) is 39.2 Å². The first kappa shape index (κ1) is 15.4. The average molecular weight is 311 g/mol. The Labute approximate surface area is 136 Å². The van der Waals surface area contributed by atoms with Crippen LogP contribution >= 0.6 is 0 Å². The predicted octanol–water partition coefficient (Wildman–Crippen LogP) is 3.00. The fraction of sp³-hybridized carbons (Fsp3) is 0.412. The second-order valence-electron chi connectivity index (χ2n) is 5.82. The summed E-state index contributed by atoms with van der Waals surface area (Å²) >= 11 is 0. The molecule has 120 valence electrons. The summed E-state index contributed by atoms with van der Waals surface area (Å²) in [6, 6.07) is 7.53. The number of nitrogens with zero attached hydrogens (tertiary/aromatic N) is 4. The van der Waals surface area contributed by atoms with Gasteiger partial charge in [0.1, 0.15) is 11.6 Å². The molecule has 1 unspecified atom stereocenters. The summed E-state index contributed by atoms with van der Waals surface area (Å²) < 4.78 is 0. The molecular weight excluding hydrogens is 290 g/mol. The molecule has 1 N–H and O–H groups in total. The zero-order valence-corrected chi connectivity index (χ0v) is 13.5. The fourth-order valence-corrected chi connectivity index (χ4v) is 2.95. The van der Waals surface area contributed by atoms with Crippen LogP contribution < -0.4 is 5.32 Å². The number of carbonyl (C=O) groups is 1. The minimum absolute atomic E-state index is 0.0366. The number of pyridine rings is 1. The maximum atomic E-state index is 11.9. The summed E-state index contributed by atoms with van der Waals surface area (Å²) in [5.74, 6) is 2.24. The molecule has 23 heavy (non-hydrogen) atoms. The van der Waals surface area contributed by atoms with Gasteiger partial charge in [-0.1, -0.05) is 6.07 Å². The lowest BCUT2D eigenvalue weighted by molar-refractivity contribution is -0.132. The summed E-state index contributed by atoms with van der Waals surface area (Å²) in [7, 11) is 0. The van der Waals surface area contributed by atoms with E-state index < -0.39 is 0 Å². The highest BCUT2D eigenvalue weighted by atomic mass is 16.2. The number of rotatable bonds is 3. The van der Waals surface area contributed by atoms with Gasteiger partial charge in [-0.2, -0.15) is 0 Å². The molecule has 0 bridgehead atoms. The summed E-state index contributed by atoms with van der Waals surface area (Å²) in [6.45, 7) is 4.33. The first-order valence-electron chi connectivity index (χ1n) is 7.94. The Morgan fingerprint density at radius 1 is 1.26 bits per heavy atom. The van der Waals surface area contributed by atoms with Crippen LogP contribution in [0.4, 0.5) is 11.6 Å². The molecule has 1 aliphatic heterocycles. The van der Waals surface area contributed by atoms with Crippen LogP contribution in [0.3, 0.4) is 0 Å². The van der Waals surface area contributed by atoms with Crippen LogP contribution in [-0.2, 0) is 4.79 Å². The molecule has 1 fully saturated rings. The monoisotopic (exact) mass is 311 g/mol. The highest BCUT2D eigenvalue weighted by Crippen LogP contribution is 2.29. The van der Waals surface area contributed by atoms with E-state index in [0.29, 0.717) is 11.6 Å². The van der Waals surface area contributed by atoms with Crippen LogP contribution in [-0.4, -0.2) is 32.3 Å². The second-order valence-corrected chi connectivity index (χ2v) is 5.82. The minimum Gasteiger partial charge on any atom is -0.333 e. The topological polar surface area (TPSA) is 71.0 Å². The number of aromatic nitrogens is 3. The molecule has 3 rings (SSSR count). The van der Waals surface area contributed by atoms with Crippen LogP contribution in [0.2, 0.25) is 0 Å². The van der Waals surface area contributed by atoms with Crippen molar-refractivity contribution in [3.8, 4) is 0 Å². The Morgan fingerprint density at radius 2 is 2.13 bits per heavy atom. The van der Waals surface area contributed by atoms with E-state index in [9.17, 15) is 4.79 Å². The number of carbonyl (C=O) groups excluding carboxylic acids is 1. The Kier molecular flexibility index (Phi) is 4.50. The third-order valence-electron chi connectivity index (χ3n) is 4.00. The third-order valence-corrected chi connectivity index (χ3v) is 4.00. The van der Waals surface area contributed by atoms with E-state index >= 15 is 0 Å². The lowest BCUT2D eigenvalue weighted by Gasteiger charge is -2.34. The van der Waals surface area contributed by atoms with E-state index in [-0.39, 0.29) is 11.9 Å². The van der Waals surface area contributed by atoms with Gasteiger partial charge in [0.2, 0.25) is 5.91 Å². The SMILES string of the molecule is CC(=O)N1CCCCC1c1nc(C)cc(Nc2ccccn2)n1. The molecule has 2 aromatic heterocycles. The molecule has 1 saturated heterocycles. The van der Waals surface area contributed by atoms with Crippen molar-refractivity contribution in [3.63, 3.8) is 0 Å². The van der Waals surface area contributed by atoms with Gasteiger partial charge in [0, 0.05) is 31.4 Å². The lowest BCUT2D eigenvalue weighted by Crippen LogP contribution is -2.37. The third kappa shape index (κ3) is 3.64. The van der Waals surface area contributed by atoms with Gasteiger partial charge in [0.15, 0.2) is 5.82 Å². The fourth-order valence-electron chi connectivity index (χ4n) is 2.95. The molecule has 6 nitrogen and oxygen atoms in total. The van der Waals surface area contributed by atoms with Crippen LogP contribution in [0.15, 0.2) is 30.5 Å². The van der Waals surface area contributed by atoms with Crippen molar-refractivity contribution in [3.05, 3.63) is 42.0 Å². The number of hydrogen-bond donors (Lipinski definition) is 1. The van der Waals surface area contributed by atoms with E-state index in [2.05, 4.69) is 20.3 Å². The van der Waals surface area contributed by atoms with Crippen molar-refractivity contribution in [1.82, 2.24) is 19.9 Å². The summed E-state index contributed by atoms with van der Waals surface area (Å²) in [4.78, 5) is 27.2. The van der Waals surface area contributed by atoms with Crippen molar-refractivity contribution >= 4 is 17.5 Å². The summed E-state index contributed by atoms with van der Waals surface area (Å²) in [5.41, 5.74) is 0.877. The largest absolute Gasteiger partial charge is 0.333 e. The minimum atomic E-state index is -0.0366. The highest BCUT2D eigenvalue weighted by Gasteiger charge is 2.28. The molecule has 0 radical (unpaired) electrons. The Balaban J connectivity index is 1.89. The molecule has 6 heteroatoms. The summed E-state index contributed by atoms with van der Waals surface area (Å²) in [6.07, 6.45) is 4.78. The van der Waals surface area contributed by atoms with E-state index in [0.717, 1.165) is 37.3 Å². The number of anilines is 2. The van der Waals surface area contributed by atoms with Crippen molar-refractivity contribution in [2.75, 3.05) is 11.9 Å². The molecule has 3 heterocycles. The van der Waals surface area contributed by atoms with Crippen molar-refractivity contribution in [1.29, 1.82) is 0 Å². The Bertz CT molecular complexity index is 689. The van der Waals surface area contributed by atoms with Gasteiger partial charge in [0.05, 0.1) is 6.04 Å². The number of likely N-dealkylation sites (tertiary alicyclic amines) is 1. The van der Waals surface area contributed by atoms with Gasteiger partial charge in [-0.25, -0.2) is 15.0 Å². The van der Waals surface area contributed by atoms with E-state index in [1.54, 1.807) is 13.1 Å². The molecule has 1 atom stereocenters. The number of amides is 1. The standard InChI is InChI=1S/C17H21N5O/c1-12-11-16(20-15-8-3-5-9-18-15)21-17(19-12)14-7-4-6-10-22(14)13(2)23/h3,5,8-9,11,14H,4,6-7,10H2,1-2H3,(H,18,19,20,21). The molecule has 0 saturated carbocycles. The number of hydrogen-bond acceptors (Lipinski definition) is 5. The zero-order chi connectivity index (χ0) is 16.2. The Morgan fingerprint density at radius 3 is 2.87 bits per heavy atom. The van der Waals surface area contributed by atoms with Gasteiger partial charge in [-0.3, -0.25) is 4.79 Å². The molecular formula is C17H21N5O. The van der Waals surface area contributed by atoms with Gasteiger partial charge < -0.3 is 10.2 Å². The molecule has 1 aliphatic rings. The van der Waals surface area contributed by atoms with Gasteiger partial charge >= 0.3 is 0 Å². The van der Waals surface area contributed by atoms with Crippen LogP contribution in [0, 0.1) is 6.92 Å². The van der Waals surface area contributed by atoms with Crippen LogP contribution in [0.5, 0.6) is 0 Å². The molecule has 0 spiro atoms. The highest BCUT2D eigenvalue weighted by molar-refractivity contribution is 5.73. The number of nitrogens with one attached hydrogen (secondary N) is 1. The quantitative estimate of drug-likeness (QED) is 0.943. The predicted molar refractivity (Wildman–Crippen MR) is 88.3 cm³/mol. The smallest absolute Gasteiger partial charge is 0.220 e. The van der Waals surface area contributed by atoms with E-state index in [1.807, 2.05) is 36.1 Å². The maximum Gasteiger partial charge on any atom is 0.220 e. The number of piperidine rings is 1. The van der Waals surface area contributed by atoms with Gasteiger partial charge in [0.25, 0.3) is 0 Å². The van der Waals surface area contributed by atoms with E-state index in [1.165, 1.54) is 0 Å². The summed E-state index contributed by atoms with van der Waals surface area (Å²) in [5, 5.41) is 3.20. The molecule has 2 aromatic rings. The molecule has 0 aromatic carbocycles. The van der Waals surface area contributed by atoms with Crippen LogP contribution in [0.1, 0.15) is 43.7 Å². The van der Waals surface area contributed by atoms with Gasteiger partial charge in [-0.15, -0.1) is 0 Å². The van der Waals surface area contributed by atoms with Gasteiger partial charge in [-0.05, 0) is 38.3 Å². The average Bonchev–Trinajstić information content (AvgIpc) is 2.55. The van der Waals surface area contributed by atoms with Crippen molar-refractivity contribution < 1.29 is 4.79 Å². The molecule has 0 aliphatic carbocycles. The van der Waals surface area contributed by atoms with Crippen LogP contribution in [0.25, 0.3) is 0 Å². The van der Waals surface area contributed by atoms with Crippen molar-refractivity contribution in [2.24, 2.45) is 0 Å². The molecule has 1 amide bonds. The second kappa shape index (κ2) is 6.73. The Hall–Kier alpha value is -2.50.